The molecule has 0 aliphatic rings. The first-order valence-corrected chi connectivity index (χ1v) is 4.96. The second-order valence-electron chi connectivity index (χ2n) is 3.20. The lowest BCUT2D eigenvalue weighted by Gasteiger charge is -1.99. The van der Waals surface area contributed by atoms with Crippen LogP contribution in [0, 0.1) is 4.84 Å². The normalized spacial score (nSPS) is 10.7. The van der Waals surface area contributed by atoms with Crippen LogP contribution in [0.3, 0.4) is 0 Å². The molecule has 0 saturated heterocycles. The Morgan fingerprint density at radius 1 is 1.47 bits per heavy atom. The number of primary amides is 1. The zero-order chi connectivity index (χ0) is 10.8. The molecule has 1 aromatic heterocycles. The summed E-state index contributed by atoms with van der Waals surface area (Å²) in [5.74, 6) is -0.345. The number of aryl methyl sites for hydroxylation is 1. The molecule has 0 radical (unpaired) electrons. The molecule has 0 atom stereocenters. The smallest absolute Gasteiger partial charge is 0.269 e. The van der Waals surface area contributed by atoms with Crippen molar-refractivity contribution in [3.63, 3.8) is 0 Å². The maximum Gasteiger partial charge on any atom is 0.269 e. The van der Waals surface area contributed by atoms with Crippen LogP contribution in [0.2, 0.25) is 0 Å². The van der Waals surface area contributed by atoms with Gasteiger partial charge >= 0.3 is 0 Å². The van der Waals surface area contributed by atoms with Gasteiger partial charge in [-0.05, 0) is 24.4 Å². The molecular formula is C10H10N2O2S. The topological polar surface area (TPSA) is 61.2 Å². The molecule has 5 heteroatoms. The van der Waals surface area contributed by atoms with Gasteiger partial charge in [0.25, 0.3) is 4.84 Å². The number of carbonyl (C=O) groups excluding carboxylic acids is 1. The first-order valence-electron chi connectivity index (χ1n) is 4.55. The predicted octanol–water partition coefficient (Wildman–Crippen LogP) is 1.84. The fourth-order valence-electron chi connectivity index (χ4n) is 1.45. The molecule has 2 N–H and O–H groups in total. The minimum atomic E-state index is -0.345. The predicted molar refractivity (Wildman–Crippen MR) is 58.8 cm³/mol. The number of hydrogen-bond donors (Lipinski definition) is 1. The first-order chi connectivity index (χ1) is 7.18. The molecule has 78 valence electrons. The van der Waals surface area contributed by atoms with Gasteiger partial charge in [0, 0.05) is 13.0 Å². The third kappa shape index (κ3) is 1.92. The van der Waals surface area contributed by atoms with E-state index in [1.165, 1.54) is 0 Å². The Bertz CT molecular complexity index is 556. The summed E-state index contributed by atoms with van der Waals surface area (Å²) in [7, 11) is 0. The van der Waals surface area contributed by atoms with Gasteiger partial charge in [0.2, 0.25) is 5.91 Å². The number of fused-ring (bicyclic) bond motifs is 1. The summed E-state index contributed by atoms with van der Waals surface area (Å²) in [4.78, 5) is 11.1. The number of amides is 1. The van der Waals surface area contributed by atoms with Gasteiger partial charge in [0.15, 0.2) is 5.58 Å². The molecule has 0 fully saturated rings. The molecule has 0 aliphatic heterocycles. The lowest BCUT2D eigenvalue weighted by molar-refractivity contribution is -0.118. The fourth-order valence-corrected chi connectivity index (χ4v) is 1.73. The molecule has 0 unspecified atom stereocenters. The van der Waals surface area contributed by atoms with Crippen LogP contribution in [0.5, 0.6) is 0 Å². The van der Waals surface area contributed by atoms with Crippen LogP contribution in [-0.2, 0) is 11.3 Å². The molecule has 1 amide bonds. The summed E-state index contributed by atoms with van der Waals surface area (Å²) in [6, 6.07) is 7.51. The van der Waals surface area contributed by atoms with E-state index in [1.807, 2.05) is 24.3 Å². The van der Waals surface area contributed by atoms with E-state index in [2.05, 4.69) is 0 Å². The standard InChI is InChI=1S/C10H10N2O2S/c11-9(13)5-6-12-7-3-1-2-4-8(7)14-10(12)15/h1-4H,5-6H2,(H2,11,13). The number of oxazole rings is 1. The maximum absolute atomic E-state index is 10.7. The van der Waals surface area contributed by atoms with Crippen molar-refractivity contribution in [1.82, 2.24) is 4.57 Å². The fraction of sp³-hybridized carbons (Fsp3) is 0.200. The number of para-hydroxylation sites is 2. The zero-order valence-electron chi connectivity index (χ0n) is 7.97. The van der Waals surface area contributed by atoms with Crippen molar-refractivity contribution in [2.24, 2.45) is 5.73 Å². The van der Waals surface area contributed by atoms with Gasteiger partial charge in [0.05, 0.1) is 5.52 Å². The van der Waals surface area contributed by atoms with E-state index in [1.54, 1.807) is 4.57 Å². The van der Waals surface area contributed by atoms with Crippen molar-refractivity contribution in [3.8, 4) is 0 Å². The van der Waals surface area contributed by atoms with Crippen molar-refractivity contribution >= 4 is 29.2 Å². The van der Waals surface area contributed by atoms with Crippen molar-refractivity contribution in [1.29, 1.82) is 0 Å². The highest BCUT2D eigenvalue weighted by Gasteiger charge is 2.06. The van der Waals surface area contributed by atoms with Crippen LogP contribution in [0.25, 0.3) is 11.1 Å². The molecule has 1 heterocycles. The van der Waals surface area contributed by atoms with Gasteiger partial charge in [-0.3, -0.25) is 9.36 Å². The van der Waals surface area contributed by atoms with Gasteiger partial charge < -0.3 is 10.2 Å². The van der Waals surface area contributed by atoms with Crippen molar-refractivity contribution in [3.05, 3.63) is 29.1 Å². The summed E-state index contributed by atoms with van der Waals surface area (Å²) in [5.41, 5.74) is 6.71. The van der Waals surface area contributed by atoms with E-state index >= 15 is 0 Å². The molecule has 0 saturated carbocycles. The number of rotatable bonds is 3. The Morgan fingerprint density at radius 2 is 2.20 bits per heavy atom. The molecule has 4 nitrogen and oxygen atoms in total. The summed E-state index contributed by atoms with van der Waals surface area (Å²) >= 11 is 5.05. The minimum absolute atomic E-state index is 0.262. The Kier molecular flexibility index (Phi) is 2.55. The number of nitrogens with two attached hydrogens (primary N) is 1. The minimum Gasteiger partial charge on any atom is -0.429 e. The number of carbonyl (C=O) groups is 1. The van der Waals surface area contributed by atoms with E-state index in [-0.39, 0.29) is 12.3 Å². The first kappa shape index (κ1) is 9.92. The van der Waals surface area contributed by atoms with Crippen LogP contribution in [-0.4, -0.2) is 10.5 Å². The van der Waals surface area contributed by atoms with E-state index < -0.39 is 0 Å². The molecule has 2 aromatic rings. The molecule has 2 rings (SSSR count). The summed E-state index contributed by atoms with van der Waals surface area (Å²) in [5, 5.41) is 0. The van der Waals surface area contributed by atoms with Gasteiger partial charge in [0.1, 0.15) is 0 Å². The highest BCUT2D eigenvalue weighted by atomic mass is 32.1. The van der Waals surface area contributed by atoms with Crippen LogP contribution in [0.4, 0.5) is 0 Å². The SMILES string of the molecule is NC(=O)CCn1c(=S)oc2ccccc21. The second kappa shape index (κ2) is 3.86. The average Bonchev–Trinajstić information content (AvgIpc) is 2.50. The van der Waals surface area contributed by atoms with E-state index in [4.69, 9.17) is 22.4 Å². The molecule has 0 bridgehead atoms. The van der Waals surface area contributed by atoms with Crippen LogP contribution >= 0.6 is 12.2 Å². The van der Waals surface area contributed by atoms with Crippen molar-refractivity contribution in [2.75, 3.05) is 0 Å². The Hall–Kier alpha value is -1.62. The summed E-state index contributed by atoms with van der Waals surface area (Å²) in [6.45, 7) is 0.463. The second-order valence-corrected chi connectivity index (χ2v) is 3.55. The van der Waals surface area contributed by atoms with E-state index in [0.717, 1.165) is 11.1 Å². The lowest BCUT2D eigenvalue weighted by Crippen LogP contribution is -2.13. The molecule has 0 spiro atoms. The van der Waals surface area contributed by atoms with Crippen LogP contribution in [0.15, 0.2) is 28.7 Å². The Labute approximate surface area is 91.3 Å². The quantitative estimate of drug-likeness (QED) is 0.806. The van der Waals surface area contributed by atoms with Crippen LogP contribution < -0.4 is 5.73 Å². The largest absolute Gasteiger partial charge is 0.429 e. The highest BCUT2D eigenvalue weighted by Crippen LogP contribution is 2.17. The number of nitrogens with zero attached hydrogens (tertiary/aromatic N) is 1. The van der Waals surface area contributed by atoms with Crippen molar-refractivity contribution < 1.29 is 9.21 Å². The van der Waals surface area contributed by atoms with Gasteiger partial charge in [-0.15, -0.1) is 0 Å². The molecule has 15 heavy (non-hydrogen) atoms. The number of benzene rings is 1. The summed E-state index contributed by atoms with van der Waals surface area (Å²) in [6.07, 6.45) is 0.262. The van der Waals surface area contributed by atoms with Crippen LogP contribution in [0.1, 0.15) is 6.42 Å². The van der Waals surface area contributed by atoms with E-state index in [9.17, 15) is 4.79 Å². The third-order valence-corrected chi connectivity index (χ3v) is 2.46. The number of aromatic nitrogens is 1. The zero-order valence-corrected chi connectivity index (χ0v) is 8.79. The molecule has 1 aromatic carbocycles. The van der Waals surface area contributed by atoms with Crippen molar-refractivity contribution in [2.45, 2.75) is 13.0 Å². The van der Waals surface area contributed by atoms with Gasteiger partial charge in [-0.25, -0.2) is 0 Å². The lowest BCUT2D eigenvalue weighted by atomic mass is 10.3. The van der Waals surface area contributed by atoms with Gasteiger partial charge in [-0.1, -0.05) is 12.1 Å². The summed E-state index contributed by atoms with van der Waals surface area (Å²) < 4.78 is 7.13. The third-order valence-electron chi connectivity index (χ3n) is 2.16. The average molecular weight is 222 g/mol. The van der Waals surface area contributed by atoms with Gasteiger partial charge in [-0.2, -0.15) is 0 Å². The van der Waals surface area contributed by atoms with E-state index in [0.29, 0.717) is 11.4 Å². The Balaban J connectivity index is 2.45. The molecular weight excluding hydrogens is 212 g/mol. The Morgan fingerprint density at radius 3 is 2.93 bits per heavy atom. The maximum atomic E-state index is 10.7. The number of hydrogen-bond acceptors (Lipinski definition) is 3. The molecule has 0 aliphatic carbocycles. The monoisotopic (exact) mass is 222 g/mol. The highest BCUT2D eigenvalue weighted by molar-refractivity contribution is 7.71.